The molecule has 0 N–H and O–H groups in total. The Kier molecular flexibility index (Phi) is 2.62. The van der Waals surface area contributed by atoms with Crippen molar-refractivity contribution in [2.75, 3.05) is 7.11 Å². The van der Waals surface area contributed by atoms with Crippen LogP contribution >= 0.6 is 0 Å². The number of methoxy groups -OCH3 is 1. The molecule has 2 aromatic rings. The van der Waals surface area contributed by atoms with Gasteiger partial charge in [-0.15, -0.1) is 0 Å². The summed E-state index contributed by atoms with van der Waals surface area (Å²) in [6, 6.07) is 5.90. The lowest BCUT2D eigenvalue weighted by Gasteiger charge is -2.23. The molecule has 0 aliphatic heterocycles. The van der Waals surface area contributed by atoms with Crippen LogP contribution in [0.2, 0.25) is 0 Å². The molecule has 0 saturated heterocycles. The van der Waals surface area contributed by atoms with Crippen LogP contribution in [-0.4, -0.2) is 17.5 Å². The number of Topliss-reactive ketones (excluding diaryl/α,β-unsaturated/α-hetero) is 1. The van der Waals surface area contributed by atoms with Gasteiger partial charge in [-0.2, -0.15) is 0 Å². The fraction of sp³-hybridized carbons (Fsp3) is 0.400. The second-order valence-electron chi connectivity index (χ2n) is 5.03. The van der Waals surface area contributed by atoms with Crippen LogP contribution in [0.4, 0.5) is 0 Å². The van der Waals surface area contributed by atoms with Crippen molar-refractivity contribution in [3.8, 4) is 5.75 Å². The van der Waals surface area contributed by atoms with Gasteiger partial charge in [-0.1, -0.05) is 6.42 Å². The largest absolute Gasteiger partial charge is 0.497 e. The summed E-state index contributed by atoms with van der Waals surface area (Å²) >= 11 is 0. The first-order chi connectivity index (χ1) is 8.70. The fourth-order valence-corrected chi connectivity index (χ4v) is 2.58. The lowest BCUT2D eigenvalue weighted by atomic mass is 9.80. The molecule has 0 atom stereocenters. The molecule has 0 bridgehead atoms. The number of rotatable bonds is 3. The number of benzene rings is 1. The molecule has 0 amide bonds. The maximum Gasteiger partial charge on any atom is 0.168 e. The van der Waals surface area contributed by atoms with Crippen LogP contribution in [0.25, 0.3) is 10.9 Å². The molecule has 3 rings (SSSR count). The monoisotopic (exact) mass is 243 g/mol. The maximum atomic E-state index is 12.4. The van der Waals surface area contributed by atoms with E-state index in [0.717, 1.165) is 35.1 Å². The highest BCUT2D eigenvalue weighted by molar-refractivity contribution is 6.09. The molecule has 1 saturated carbocycles. The first-order valence-corrected chi connectivity index (χ1v) is 6.38. The van der Waals surface area contributed by atoms with Crippen LogP contribution in [0, 0.1) is 5.92 Å². The van der Waals surface area contributed by atoms with Crippen molar-refractivity contribution in [3.63, 3.8) is 0 Å². The molecular formula is C15H17NO2. The summed E-state index contributed by atoms with van der Waals surface area (Å²) in [4.78, 5) is 12.4. The molecule has 94 valence electrons. The van der Waals surface area contributed by atoms with Crippen LogP contribution in [0.1, 0.15) is 29.6 Å². The lowest BCUT2D eigenvalue weighted by Crippen LogP contribution is -2.21. The van der Waals surface area contributed by atoms with Gasteiger partial charge in [0, 0.05) is 35.6 Å². The Morgan fingerprint density at radius 1 is 1.39 bits per heavy atom. The number of ether oxygens (including phenoxy) is 1. The predicted molar refractivity (Wildman–Crippen MR) is 71.1 cm³/mol. The van der Waals surface area contributed by atoms with E-state index in [1.807, 2.05) is 36.0 Å². The molecule has 0 spiro atoms. The van der Waals surface area contributed by atoms with Gasteiger partial charge in [0.15, 0.2) is 5.78 Å². The molecule has 0 unspecified atom stereocenters. The number of ketones is 1. The van der Waals surface area contributed by atoms with E-state index in [9.17, 15) is 4.79 Å². The second-order valence-corrected chi connectivity index (χ2v) is 5.03. The molecule has 1 fully saturated rings. The molecule has 18 heavy (non-hydrogen) atoms. The summed E-state index contributed by atoms with van der Waals surface area (Å²) in [6.07, 6.45) is 5.22. The van der Waals surface area contributed by atoms with Crippen molar-refractivity contribution in [3.05, 3.63) is 30.0 Å². The third-order valence-electron chi connectivity index (χ3n) is 3.94. The van der Waals surface area contributed by atoms with Gasteiger partial charge >= 0.3 is 0 Å². The Morgan fingerprint density at radius 3 is 2.78 bits per heavy atom. The number of aryl methyl sites for hydroxylation is 1. The molecular weight excluding hydrogens is 226 g/mol. The minimum absolute atomic E-state index is 0.238. The van der Waals surface area contributed by atoms with E-state index in [4.69, 9.17) is 4.74 Å². The van der Waals surface area contributed by atoms with Gasteiger partial charge in [0.1, 0.15) is 5.75 Å². The highest BCUT2D eigenvalue weighted by atomic mass is 16.5. The van der Waals surface area contributed by atoms with Crippen LogP contribution < -0.4 is 4.74 Å². The standard InChI is InChI=1S/C15H17NO2/c1-16-9-13(15(17)10-4-3-5-10)12-8-11(18-2)6-7-14(12)16/h6-10H,3-5H2,1-2H3. The molecule has 1 heterocycles. The third kappa shape index (κ3) is 1.62. The average Bonchev–Trinajstić information content (AvgIpc) is 2.64. The van der Waals surface area contributed by atoms with Crippen molar-refractivity contribution >= 4 is 16.7 Å². The van der Waals surface area contributed by atoms with Crippen molar-refractivity contribution in [1.82, 2.24) is 4.57 Å². The number of aromatic nitrogens is 1. The van der Waals surface area contributed by atoms with E-state index in [-0.39, 0.29) is 5.92 Å². The smallest absolute Gasteiger partial charge is 0.168 e. The van der Waals surface area contributed by atoms with Gasteiger partial charge in [0.2, 0.25) is 0 Å². The molecule has 1 aromatic carbocycles. The molecule has 0 radical (unpaired) electrons. The minimum Gasteiger partial charge on any atom is -0.497 e. The fourth-order valence-electron chi connectivity index (χ4n) is 2.58. The zero-order valence-electron chi connectivity index (χ0n) is 10.8. The van der Waals surface area contributed by atoms with Crippen LogP contribution in [0.5, 0.6) is 5.75 Å². The summed E-state index contributed by atoms with van der Waals surface area (Å²) in [7, 11) is 3.63. The van der Waals surface area contributed by atoms with Gasteiger partial charge in [-0.05, 0) is 31.0 Å². The summed E-state index contributed by atoms with van der Waals surface area (Å²) in [5.41, 5.74) is 1.93. The highest BCUT2D eigenvalue weighted by Gasteiger charge is 2.28. The topological polar surface area (TPSA) is 31.2 Å². The van der Waals surface area contributed by atoms with Gasteiger partial charge < -0.3 is 9.30 Å². The Hall–Kier alpha value is -1.77. The SMILES string of the molecule is COc1ccc2c(c1)c(C(=O)C1CCC1)cn2C. The van der Waals surface area contributed by atoms with Crippen LogP contribution in [-0.2, 0) is 7.05 Å². The maximum absolute atomic E-state index is 12.4. The van der Waals surface area contributed by atoms with Crippen LogP contribution in [0.3, 0.4) is 0 Å². The Labute approximate surface area is 106 Å². The number of carbonyl (C=O) groups excluding carboxylic acids is 1. The molecule has 3 nitrogen and oxygen atoms in total. The Bertz CT molecular complexity index is 608. The number of hydrogen-bond acceptors (Lipinski definition) is 2. The zero-order chi connectivity index (χ0) is 12.7. The van der Waals surface area contributed by atoms with Gasteiger partial charge in [-0.3, -0.25) is 4.79 Å². The van der Waals surface area contributed by atoms with Gasteiger partial charge in [-0.25, -0.2) is 0 Å². The van der Waals surface area contributed by atoms with Crippen molar-refractivity contribution in [2.45, 2.75) is 19.3 Å². The highest BCUT2D eigenvalue weighted by Crippen LogP contribution is 2.33. The third-order valence-corrected chi connectivity index (χ3v) is 3.94. The summed E-state index contributed by atoms with van der Waals surface area (Å²) in [6.45, 7) is 0. The molecule has 1 aliphatic rings. The Balaban J connectivity index is 2.12. The second kappa shape index (κ2) is 4.16. The summed E-state index contributed by atoms with van der Waals surface area (Å²) < 4.78 is 7.26. The summed E-state index contributed by atoms with van der Waals surface area (Å²) in [5.74, 6) is 1.33. The van der Waals surface area contributed by atoms with E-state index < -0.39 is 0 Å². The molecule has 1 aliphatic carbocycles. The Morgan fingerprint density at radius 2 is 2.17 bits per heavy atom. The van der Waals surface area contributed by atoms with E-state index in [1.165, 1.54) is 6.42 Å². The van der Waals surface area contributed by atoms with E-state index >= 15 is 0 Å². The molecule has 1 aromatic heterocycles. The van der Waals surface area contributed by atoms with Crippen molar-refractivity contribution in [2.24, 2.45) is 13.0 Å². The predicted octanol–water partition coefficient (Wildman–Crippen LogP) is 3.17. The van der Waals surface area contributed by atoms with Crippen molar-refractivity contribution < 1.29 is 9.53 Å². The van der Waals surface area contributed by atoms with Crippen molar-refractivity contribution in [1.29, 1.82) is 0 Å². The van der Waals surface area contributed by atoms with E-state index in [1.54, 1.807) is 7.11 Å². The number of nitrogens with zero attached hydrogens (tertiary/aromatic N) is 1. The lowest BCUT2D eigenvalue weighted by molar-refractivity contribution is 0.0857. The van der Waals surface area contributed by atoms with Crippen LogP contribution in [0.15, 0.2) is 24.4 Å². The quantitative estimate of drug-likeness (QED) is 0.775. The first kappa shape index (κ1) is 11.3. The van der Waals surface area contributed by atoms with E-state index in [0.29, 0.717) is 5.78 Å². The van der Waals surface area contributed by atoms with E-state index in [2.05, 4.69) is 0 Å². The average molecular weight is 243 g/mol. The molecule has 3 heteroatoms. The van der Waals surface area contributed by atoms with Gasteiger partial charge in [0.05, 0.1) is 7.11 Å². The number of carbonyl (C=O) groups is 1. The first-order valence-electron chi connectivity index (χ1n) is 6.38. The van der Waals surface area contributed by atoms with Gasteiger partial charge in [0.25, 0.3) is 0 Å². The minimum atomic E-state index is 0.238. The number of hydrogen-bond donors (Lipinski definition) is 0. The normalized spacial score (nSPS) is 15.7. The zero-order valence-corrected chi connectivity index (χ0v) is 10.8. The number of fused-ring (bicyclic) bond motifs is 1. The summed E-state index contributed by atoms with van der Waals surface area (Å²) in [5, 5.41) is 1.01.